The van der Waals surface area contributed by atoms with Gasteiger partial charge in [-0.1, -0.05) is 24.4 Å². The van der Waals surface area contributed by atoms with Crippen LogP contribution in [0.25, 0.3) is 0 Å². The largest absolute Gasteiger partial charge is 0.494 e. The summed E-state index contributed by atoms with van der Waals surface area (Å²) in [5, 5.41) is 0.736. The van der Waals surface area contributed by atoms with Crippen LogP contribution >= 0.6 is 11.6 Å². The zero-order valence-electron chi connectivity index (χ0n) is 13.4. The van der Waals surface area contributed by atoms with E-state index in [4.69, 9.17) is 21.1 Å². The van der Waals surface area contributed by atoms with Crippen LogP contribution < -0.4 is 4.74 Å². The topological polar surface area (TPSA) is 21.7 Å². The first kappa shape index (κ1) is 17.6. The minimum Gasteiger partial charge on any atom is -0.494 e. The van der Waals surface area contributed by atoms with Gasteiger partial charge in [0.05, 0.1) is 6.61 Å². The standard InChI is InChI=1S/C18H28ClNO2/c19-17-7-9-18(10-8-17)22-16-6-15-21-14-5-13-20-11-3-1-2-4-12-20/h7-10H,1-6,11-16H2. The molecule has 1 aromatic rings. The van der Waals surface area contributed by atoms with Crippen LogP contribution in [0, 0.1) is 0 Å². The highest BCUT2D eigenvalue weighted by atomic mass is 35.5. The van der Waals surface area contributed by atoms with Gasteiger partial charge >= 0.3 is 0 Å². The lowest BCUT2D eigenvalue weighted by atomic mass is 10.2. The fourth-order valence-electron chi connectivity index (χ4n) is 2.73. The van der Waals surface area contributed by atoms with E-state index in [2.05, 4.69) is 4.90 Å². The molecule has 1 aromatic carbocycles. The predicted octanol–water partition coefficient (Wildman–Crippen LogP) is 4.39. The van der Waals surface area contributed by atoms with Crippen molar-refractivity contribution in [2.24, 2.45) is 0 Å². The van der Waals surface area contributed by atoms with Crippen LogP contribution in [0.3, 0.4) is 0 Å². The van der Waals surface area contributed by atoms with Crippen molar-refractivity contribution in [3.8, 4) is 5.75 Å². The third kappa shape index (κ3) is 7.48. The molecule has 3 nitrogen and oxygen atoms in total. The van der Waals surface area contributed by atoms with Gasteiger partial charge in [-0.3, -0.25) is 0 Å². The molecule has 0 unspecified atom stereocenters. The molecule has 0 radical (unpaired) electrons. The normalized spacial score (nSPS) is 16.4. The summed E-state index contributed by atoms with van der Waals surface area (Å²) >= 11 is 5.83. The molecule has 1 fully saturated rings. The van der Waals surface area contributed by atoms with Crippen molar-refractivity contribution < 1.29 is 9.47 Å². The maximum atomic E-state index is 5.83. The first-order valence-electron chi connectivity index (χ1n) is 8.53. The molecule has 0 saturated carbocycles. The van der Waals surface area contributed by atoms with E-state index in [9.17, 15) is 0 Å². The van der Waals surface area contributed by atoms with Crippen molar-refractivity contribution in [3.63, 3.8) is 0 Å². The Hall–Kier alpha value is -0.770. The summed E-state index contributed by atoms with van der Waals surface area (Å²) in [6.45, 7) is 6.05. The molecule has 0 aromatic heterocycles. The maximum absolute atomic E-state index is 5.83. The molecule has 0 amide bonds. The van der Waals surface area contributed by atoms with Gasteiger partial charge in [0.2, 0.25) is 0 Å². The van der Waals surface area contributed by atoms with Crippen molar-refractivity contribution in [2.75, 3.05) is 39.5 Å². The number of nitrogens with zero attached hydrogens (tertiary/aromatic N) is 1. The second kappa shape index (κ2) is 10.9. The number of benzene rings is 1. The van der Waals surface area contributed by atoms with Gasteiger partial charge < -0.3 is 14.4 Å². The third-order valence-electron chi connectivity index (χ3n) is 3.98. The van der Waals surface area contributed by atoms with Crippen LogP contribution in [-0.4, -0.2) is 44.4 Å². The zero-order chi connectivity index (χ0) is 15.5. The first-order valence-corrected chi connectivity index (χ1v) is 8.91. The van der Waals surface area contributed by atoms with Crippen LogP contribution in [-0.2, 0) is 4.74 Å². The molecule has 2 rings (SSSR count). The predicted molar refractivity (Wildman–Crippen MR) is 91.9 cm³/mol. The average molecular weight is 326 g/mol. The lowest BCUT2D eigenvalue weighted by Gasteiger charge is -2.19. The number of halogens is 1. The molecule has 22 heavy (non-hydrogen) atoms. The van der Waals surface area contributed by atoms with Crippen LogP contribution in [0.1, 0.15) is 38.5 Å². The Balaban J connectivity index is 1.41. The molecule has 0 N–H and O–H groups in total. The summed E-state index contributed by atoms with van der Waals surface area (Å²) in [4.78, 5) is 2.58. The SMILES string of the molecule is Clc1ccc(OCCCOCCCN2CCCCCC2)cc1. The second-order valence-electron chi connectivity index (χ2n) is 5.88. The first-order chi connectivity index (χ1) is 10.8. The van der Waals surface area contributed by atoms with E-state index in [0.29, 0.717) is 6.61 Å². The van der Waals surface area contributed by atoms with E-state index in [0.717, 1.165) is 36.8 Å². The van der Waals surface area contributed by atoms with Crippen molar-refractivity contribution in [1.82, 2.24) is 4.90 Å². The highest BCUT2D eigenvalue weighted by molar-refractivity contribution is 6.30. The minimum absolute atomic E-state index is 0.688. The van der Waals surface area contributed by atoms with E-state index < -0.39 is 0 Å². The Morgan fingerprint density at radius 3 is 2.27 bits per heavy atom. The Kier molecular flexibility index (Phi) is 8.69. The number of likely N-dealkylation sites (tertiary alicyclic amines) is 1. The van der Waals surface area contributed by atoms with E-state index in [1.54, 1.807) is 0 Å². The van der Waals surface area contributed by atoms with E-state index >= 15 is 0 Å². The van der Waals surface area contributed by atoms with Gasteiger partial charge in [-0.2, -0.15) is 0 Å². The second-order valence-corrected chi connectivity index (χ2v) is 6.31. The van der Waals surface area contributed by atoms with Crippen molar-refractivity contribution in [2.45, 2.75) is 38.5 Å². The van der Waals surface area contributed by atoms with E-state index in [1.807, 2.05) is 24.3 Å². The lowest BCUT2D eigenvalue weighted by molar-refractivity contribution is 0.108. The van der Waals surface area contributed by atoms with Crippen molar-refractivity contribution in [3.05, 3.63) is 29.3 Å². The van der Waals surface area contributed by atoms with Crippen molar-refractivity contribution in [1.29, 1.82) is 0 Å². The van der Waals surface area contributed by atoms with Gasteiger partial charge in [0, 0.05) is 31.2 Å². The Labute approximate surface area is 139 Å². The van der Waals surface area contributed by atoms with E-state index in [1.165, 1.54) is 45.3 Å². The summed E-state index contributed by atoms with van der Waals surface area (Å²) in [7, 11) is 0. The molecule has 1 saturated heterocycles. The monoisotopic (exact) mass is 325 g/mol. The lowest BCUT2D eigenvalue weighted by Crippen LogP contribution is -2.26. The summed E-state index contributed by atoms with van der Waals surface area (Å²) < 4.78 is 11.3. The number of hydrogen-bond donors (Lipinski definition) is 0. The van der Waals surface area contributed by atoms with Crippen LogP contribution in [0.4, 0.5) is 0 Å². The van der Waals surface area contributed by atoms with Gasteiger partial charge in [-0.05, 0) is 56.6 Å². The molecule has 124 valence electrons. The third-order valence-corrected chi connectivity index (χ3v) is 4.23. The van der Waals surface area contributed by atoms with Crippen LogP contribution in [0.15, 0.2) is 24.3 Å². The van der Waals surface area contributed by atoms with Gasteiger partial charge in [0.25, 0.3) is 0 Å². The van der Waals surface area contributed by atoms with Crippen molar-refractivity contribution >= 4 is 11.6 Å². The number of hydrogen-bond acceptors (Lipinski definition) is 3. The van der Waals surface area contributed by atoms with Gasteiger partial charge in [-0.15, -0.1) is 0 Å². The summed E-state index contributed by atoms with van der Waals surface area (Å²) in [6, 6.07) is 7.47. The van der Waals surface area contributed by atoms with Crippen LogP contribution in [0.2, 0.25) is 5.02 Å². The quantitative estimate of drug-likeness (QED) is 0.628. The molecule has 1 heterocycles. The highest BCUT2D eigenvalue weighted by Crippen LogP contribution is 2.15. The highest BCUT2D eigenvalue weighted by Gasteiger charge is 2.07. The van der Waals surface area contributed by atoms with Gasteiger partial charge in [0.15, 0.2) is 0 Å². The van der Waals surface area contributed by atoms with Gasteiger partial charge in [-0.25, -0.2) is 0 Å². The fraction of sp³-hybridized carbons (Fsp3) is 0.667. The Morgan fingerprint density at radius 1 is 0.864 bits per heavy atom. The molecular formula is C18H28ClNO2. The molecule has 0 bridgehead atoms. The Morgan fingerprint density at radius 2 is 1.55 bits per heavy atom. The number of rotatable bonds is 9. The minimum atomic E-state index is 0.688. The Bertz CT molecular complexity index is 389. The molecule has 0 aliphatic carbocycles. The average Bonchev–Trinajstić information content (AvgIpc) is 2.80. The number of ether oxygens (including phenoxy) is 2. The zero-order valence-corrected chi connectivity index (χ0v) is 14.2. The molecule has 1 aliphatic rings. The molecule has 0 spiro atoms. The molecule has 1 aliphatic heterocycles. The summed E-state index contributed by atoms with van der Waals surface area (Å²) in [5.41, 5.74) is 0. The molecule has 4 heteroatoms. The molecule has 0 atom stereocenters. The fourth-order valence-corrected chi connectivity index (χ4v) is 2.86. The molecular weight excluding hydrogens is 298 g/mol. The van der Waals surface area contributed by atoms with E-state index in [-0.39, 0.29) is 0 Å². The van der Waals surface area contributed by atoms with Gasteiger partial charge in [0.1, 0.15) is 5.75 Å². The summed E-state index contributed by atoms with van der Waals surface area (Å²) in [6.07, 6.45) is 7.59. The smallest absolute Gasteiger partial charge is 0.119 e. The maximum Gasteiger partial charge on any atom is 0.119 e. The van der Waals surface area contributed by atoms with Crippen LogP contribution in [0.5, 0.6) is 5.75 Å². The summed E-state index contributed by atoms with van der Waals surface area (Å²) in [5.74, 6) is 0.866.